The lowest BCUT2D eigenvalue weighted by atomic mass is 9.95. The van der Waals surface area contributed by atoms with Crippen molar-refractivity contribution in [3.63, 3.8) is 0 Å². The normalized spacial score (nSPS) is 18.2. The van der Waals surface area contributed by atoms with Gasteiger partial charge in [0.25, 0.3) is 0 Å². The maximum Gasteiger partial charge on any atom is 0.211 e. The molecule has 0 bridgehead atoms. The fourth-order valence-corrected chi connectivity index (χ4v) is 5.84. The topological polar surface area (TPSA) is 111 Å². The second-order valence-electron chi connectivity index (χ2n) is 9.28. The van der Waals surface area contributed by atoms with Crippen LogP contribution in [0.2, 0.25) is 0 Å². The van der Waals surface area contributed by atoms with Gasteiger partial charge in [-0.25, -0.2) is 18.4 Å². The molecule has 188 valence electrons. The van der Waals surface area contributed by atoms with Crippen LogP contribution in [0.3, 0.4) is 0 Å². The lowest BCUT2D eigenvalue weighted by Crippen LogP contribution is -2.64. The Labute approximate surface area is 211 Å². The largest absolute Gasteiger partial charge is 0.364 e. The molecule has 10 nitrogen and oxygen atoms in total. The lowest BCUT2D eigenvalue weighted by molar-refractivity contribution is 0.164. The summed E-state index contributed by atoms with van der Waals surface area (Å²) in [5, 5.41) is 12.1. The zero-order valence-electron chi connectivity index (χ0n) is 20.8. The van der Waals surface area contributed by atoms with Gasteiger partial charge in [-0.05, 0) is 18.1 Å². The number of benzene rings is 1. The van der Waals surface area contributed by atoms with Crippen molar-refractivity contribution in [2.75, 3.05) is 18.1 Å². The molecule has 1 saturated heterocycles. The van der Waals surface area contributed by atoms with Crippen molar-refractivity contribution < 1.29 is 8.42 Å². The van der Waals surface area contributed by atoms with E-state index in [1.54, 1.807) is 26.1 Å². The molecule has 4 aromatic rings. The van der Waals surface area contributed by atoms with Crippen molar-refractivity contribution in [3.05, 3.63) is 55.2 Å². The Morgan fingerprint density at radius 3 is 2.33 bits per heavy atom. The first kappa shape index (κ1) is 24.1. The molecule has 3 aromatic heterocycles. The van der Waals surface area contributed by atoms with E-state index in [4.69, 9.17) is 4.98 Å². The Kier molecular flexibility index (Phi) is 6.35. The monoisotopic (exact) mass is 506 g/mol. The van der Waals surface area contributed by atoms with E-state index in [0.29, 0.717) is 18.2 Å². The summed E-state index contributed by atoms with van der Waals surface area (Å²) in [5.41, 5.74) is 4.64. The SMILES string of the molecule is CCCC1C(Nc2nc(-c3cccc(-c4cnn(C)c4)c3)ncc2-c2cnn(C)c2)CN1S(C)(=O)=O. The molecule has 0 radical (unpaired) electrons. The highest BCUT2D eigenvalue weighted by atomic mass is 32.2. The van der Waals surface area contributed by atoms with E-state index in [2.05, 4.69) is 33.5 Å². The summed E-state index contributed by atoms with van der Waals surface area (Å²) in [6.07, 6.45) is 12.2. The van der Waals surface area contributed by atoms with E-state index in [1.165, 1.54) is 6.26 Å². The average molecular weight is 507 g/mol. The number of hydrogen-bond donors (Lipinski definition) is 1. The van der Waals surface area contributed by atoms with Crippen molar-refractivity contribution in [2.24, 2.45) is 14.1 Å². The molecular formula is C25H30N8O2S. The number of sulfonamides is 1. The Morgan fingerprint density at radius 1 is 1.00 bits per heavy atom. The van der Waals surface area contributed by atoms with Crippen molar-refractivity contribution in [1.29, 1.82) is 0 Å². The number of rotatable bonds is 8. The molecule has 5 rings (SSSR count). The molecule has 4 heterocycles. The van der Waals surface area contributed by atoms with Gasteiger partial charge in [0.1, 0.15) is 5.82 Å². The summed E-state index contributed by atoms with van der Waals surface area (Å²) < 4.78 is 29.5. The zero-order chi connectivity index (χ0) is 25.4. The van der Waals surface area contributed by atoms with Gasteiger partial charge >= 0.3 is 0 Å². The van der Waals surface area contributed by atoms with Gasteiger partial charge in [-0.15, -0.1) is 0 Å². The molecule has 36 heavy (non-hydrogen) atoms. The highest BCUT2D eigenvalue weighted by Crippen LogP contribution is 2.33. The molecule has 0 spiro atoms. The number of aryl methyl sites for hydroxylation is 2. The lowest BCUT2D eigenvalue weighted by Gasteiger charge is -2.47. The van der Waals surface area contributed by atoms with Gasteiger partial charge in [0.05, 0.1) is 24.7 Å². The first-order chi connectivity index (χ1) is 17.2. The van der Waals surface area contributed by atoms with Crippen molar-refractivity contribution >= 4 is 15.8 Å². The van der Waals surface area contributed by atoms with Crippen LogP contribution in [-0.4, -0.2) is 67.1 Å². The van der Waals surface area contributed by atoms with Gasteiger partial charge in [0.15, 0.2) is 5.82 Å². The second-order valence-corrected chi connectivity index (χ2v) is 11.2. The van der Waals surface area contributed by atoms with Crippen molar-refractivity contribution in [3.8, 4) is 33.6 Å². The summed E-state index contributed by atoms with van der Waals surface area (Å²) in [4.78, 5) is 9.60. The minimum atomic E-state index is -3.26. The first-order valence-electron chi connectivity index (χ1n) is 11.9. The smallest absolute Gasteiger partial charge is 0.211 e. The number of nitrogens with one attached hydrogen (secondary N) is 1. The molecule has 1 aromatic carbocycles. The molecule has 1 aliphatic rings. The summed E-state index contributed by atoms with van der Waals surface area (Å²) in [6, 6.07) is 7.90. The molecular weight excluding hydrogens is 476 g/mol. The Hall–Kier alpha value is -3.57. The van der Waals surface area contributed by atoms with Crippen LogP contribution in [0.15, 0.2) is 55.2 Å². The molecule has 2 atom stereocenters. The predicted molar refractivity (Wildman–Crippen MR) is 140 cm³/mol. The van der Waals surface area contributed by atoms with Crippen LogP contribution in [0.5, 0.6) is 0 Å². The first-order valence-corrected chi connectivity index (χ1v) is 13.8. The maximum absolute atomic E-state index is 12.2. The summed E-state index contributed by atoms with van der Waals surface area (Å²) in [6.45, 7) is 2.47. The third kappa shape index (κ3) is 4.76. The Balaban J connectivity index is 1.51. The van der Waals surface area contributed by atoms with Gasteiger partial charge in [-0.2, -0.15) is 14.5 Å². The predicted octanol–water partition coefficient (Wildman–Crippen LogP) is 3.17. The van der Waals surface area contributed by atoms with Gasteiger partial charge in [0, 0.05) is 67.5 Å². The van der Waals surface area contributed by atoms with Gasteiger partial charge in [-0.3, -0.25) is 9.36 Å². The van der Waals surface area contributed by atoms with E-state index in [1.807, 2.05) is 50.9 Å². The molecule has 0 aliphatic carbocycles. The van der Waals surface area contributed by atoms with Crippen LogP contribution in [0.1, 0.15) is 19.8 Å². The van der Waals surface area contributed by atoms with Gasteiger partial charge in [-0.1, -0.05) is 31.5 Å². The van der Waals surface area contributed by atoms with Crippen LogP contribution < -0.4 is 5.32 Å². The second kappa shape index (κ2) is 9.47. The van der Waals surface area contributed by atoms with E-state index in [0.717, 1.165) is 40.7 Å². The van der Waals surface area contributed by atoms with Gasteiger partial charge in [0.2, 0.25) is 10.0 Å². The van der Waals surface area contributed by atoms with E-state index in [-0.39, 0.29) is 12.1 Å². The fourth-order valence-electron chi connectivity index (χ4n) is 4.66. The maximum atomic E-state index is 12.2. The number of hydrogen-bond acceptors (Lipinski definition) is 7. The molecule has 0 saturated carbocycles. The molecule has 11 heteroatoms. The minimum absolute atomic E-state index is 0.0421. The Bertz CT molecular complexity index is 1490. The number of aromatic nitrogens is 6. The summed E-state index contributed by atoms with van der Waals surface area (Å²) in [5.74, 6) is 1.25. The van der Waals surface area contributed by atoms with E-state index in [9.17, 15) is 8.42 Å². The van der Waals surface area contributed by atoms with E-state index >= 15 is 0 Å². The average Bonchev–Trinajstić information content (AvgIpc) is 3.47. The quantitative estimate of drug-likeness (QED) is 0.391. The van der Waals surface area contributed by atoms with E-state index < -0.39 is 10.0 Å². The molecule has 0 amide bonds. The van der Waals surface area contributed by atoms with Crippen molar-refractivity contribution in [2.45, 2.75) is 31.8 Å². The number of anilines is 1. The number of nitrogens with zero attached hydrogens (tertiary/aromatic N) is 7. The Morgan fingerprint density at radius 2 is 1.69 bits per heavy atom. The van der Waals surface area contributed by atoms with Crippen molar-refractivity contribution in [1.82, 2.24) is 33.8 Å². The van der Waals surface area contributed by atoms with Crippen LogP contribution in [-0.2, 0) is 24.1 Å². The standard InChI is InChI=1S/C25H30N8O2S/c1-5-7-23-22(16-33(23)36(4,34)35)29-25-21(20-12-28-32(3)15-20)13-26-24(30-25)18-9-6-8-17(10-18)19-11-27-31(2)14-19/h6,8-15,22-23H,5,7,16H2,1-4H3,(H,26,29,30). The summed E-state index contributed by atoms with van der Waals surface area (Å²) >= 11 is 0. The van der Waals surface area contributed by atoms with Gasteiger partial charge < -0.3 is 5.32 Å². The highest BCUT2D eigenvalue weighted by Gasteiger charge is 2.43. The summed E-state index contributed by atoms with van der Waals surface area (Å²) in [7, 11) is 0.494. The minimum Gasteiger partial charge on any atom is -0.364 e. The molecule has 1 N–H and O–H groups in total. The third-order valence-electron chi connectivity index (χ3n) is 6.51. The van der Waals surface area contributed by atoms with Crippen LogP contribution in [0, 0.1) is 0 Å². The van der Waals surface area contributed by atoms with Crippen LogP contribution >= 0.6 is 0 Å². The fraction of sp³-hybridized carbons (Fsp3) is 0.360. The highest BCUT2D eigenvalue weighted by molar-refractivity contribution is 7.88. The molecule has 1 fully saturated rings. The van der Waals surface area contributed by atoms with Crippen LogP contribution in [0.25, 0.3) is 33.6 Å². The molecule has 1 aliphatic heterocycles. The zero-order valence-corrected chi connectivity index (χ0v) is 21.6. The van der Waals surface area contributed by atoms with Crippen LogP contribution in [0.4, 0.5) is 5.82 Å². The molecule has 2 unspecified atom stereocenters. The third-order valence-corrected chi connectivity index (χ3v) is 7.78.